The quantitative estimate of drug-likeness (QED) is 0.778. The standard InChI is InChI=1S/C16H15N/c17-14-9-10-16-13(11-14)7-4-8-15(16)12-5-2-1-3-6-12/h1-8,10-11,14H,9,17H2. The zero-order chi connectivity index (χ0) is 11.7. The lowest BCUT2D eigenvalue weighted by atomic mass is 9.96. The summed E-state index contributed by atoms with van der Waals surface area (Å²) in [5, 5.41) is 2.57. The van der Waals surface area contributed by atoms with Gasteiger partial charge < -0.3 is 5.73 Å². The molecule has 0 aliphatic heterocycles. The molecule has 2 N–H and O–H groups in total. The monoisotopic (exact) mass is 221 g/mol. The molecule has 0 heterocycles. The molecule has 3 rings (SSSR count). The number of fused-ring (bicyclic) bond motifs is 1. The fraction of sp³-hybridized carbons (Fsp3) is 0.125. The lowest BCUT2D eigenvalue weighted by molar-refractivity contribution is 0.888. The molecule has 2 aromatic carbocycles. The van der Waals surface area contributed by atoms with E-state index in [1.807, 2.05) is 6.07 Å². The molecule has 0 spiro atoms. The predicted molar refractivity (Wildman–Crippen MR) is 72.7 cm³/mol. The van der Waals surface area contributed by atoms with Crippen LogP contribution in [0.3, 0.4) is 0 Å². The molecular formula is C16H15N. The molecule has 1 aliphatic rings. The molecule has 0 radical (unpaired) electrons. The summed E-state index contributed by atoms with van der Waals surface area (Å²) in [6, 6.07) is 17.1. The van der Waals surface area contributed by atoms with Gasteiger partial charge in [0.25, 0.3) is 0 Å². The molecule has 0 bridgehead atoms. The second-order valence-corrected chi connectivity index (χ2v) is 4.44. The van der Waals surface area contributed by atoms with Crippen molar-refractivity contribution in [3.63, 3.8) is 0 Å². The van der Waals surface area contributed by atoms with Crippen LogP contribution in [0.15, 0.2) is 48.5 Å². The van der Waals surface area contributed by atoms with Gasteiger partial charge in [0.15, 0.2) is 0 Å². The van der Waals surface area contributed by atoms with Crippen molar-refractivity contribution < 1.29 is 0 Å². The van der Waals surface area contributed by atoms with E-state index in [0.717, 1.165) is 6.42 Å². The average molecular weight is 221 g/mol. The van der Waals surface area contributed by atoms with Gasteiger partial charge in [-0.25, -0.2) is 0 Å². The van der Waals surface area contributed by atoms with E-state index in [2.05, 4.69) is 54.6 Å². The normalized spacial score (nSPS) is 17.8. The summed E-state index contributed by atoms with van der Waals surface area (Å²) in [4.78, 5) is 0. The third kappa shape index (κ3) is 1.90. The SMILES string of the molecule is NC1C=c2cccc(-c3ccccc3)c2=CC1. The minimum absolute atomic E-state index is 0.161. The lowest BCUT2D eigenvalue weighted by Crippen LogP contribution is -2.34. The van der Waals surface area contributed by atoms with Crippen LogP contribution < -0.4 is 16.2 Å². The van der Waals surface area contributed by atoms with E-state index in [0.29, 0.717) is 0 Å². The number of rotatable bonds is 1. The Labute approximate surface area is 101 Å². The third-order valence-corrected chi connectivity index (χ3v) is 3.21. The van der Waals surface area contributed by atoms with Crippen LogP contribution >= 0.6 is 0 Å². The summed E-state index contributed by atoms with van der Waals surface area (Å²) in [6.07, 6.45) is 5.33. The maximum absolute atomic E-state index is 5.95. The smallest absolute Gasteiger partial charge is 0.0268 e. The lowest BCUT2D eigenvalue weighted by Gasteiger charge is -2.11. The molecule has 1 unspecified atom stereocenters. The Morgan fingerprint density at radius 3 is 2.59 bits per heavy atom. The van der Waals surface area contributed by atoms with Crippen LogP contribution in [0.4, 0.5) is 0 Å². The third-order valence-electron chi connectivity index (χ3n) is 3.21. The molecule has 0 aromatic heterocycles. The number of benzene rings is 2. The Morgan fingerprint density at radius 1 is 0.941 bits per heavy atom. The molecule has 0 saturated heterocycles. The summed E-state index contributed by atoms with van der Waals surface area (Å²) in [5.41, 5.74) is 8.52. The summed E-state index contributed by atoms with van der Waals surface area (Å²) in [5.74, 6) is 0. The first-order valence-electron chi connectivity index (χ1n) is 5.97. The maximum atomic E-state index is 5.95. The highest BCUT2D eigenvalue weighted by Gasteiger charge is 2.05. The van der Waals surface area contributed by atoms with Crippen LogP contribution in [0.1, 0.15) is 6.42 Å². The van der Waals surface area contributed by atoms with Crippen molar-refractivity contribution >= 4 is 12.2 Å². The van der Waals surface area contributed by atoms with E-state index in [1.165, 1.54) is 21.6 Å². The molecule has 17 heavy (non-hydrogen) atoms. The number of hydrogen-bond donors (Lipinski definition) is 1. The van der Waals surface area contributed by atoms with Crippen molar-refractivity contribution in [3.8, 4) is 11.1 Å². The van der Waals surface area contributed by atoms with Crippen LogP contribution in [0.25, 0.3) is 23.3 Å². The van der Waals surface area contributed by atoms with Gasteiger partial charge in [0.1, 0.15) is 0 Å². The van der Waals surface area contributed by atoms with Crippen LogP contribution in [0.2, 0.25) is 0 Å². The van der Waals surface area contributed by atoms with Crippen molar-refractivity contribution in [1.82, 2.24) is 0 Å². The number of nitrogens with two attached hydrogens (primary N) is 1. The van der Waals surface area contributed by atoms with Gasteiger partial charge >= 0.3 is 0 Å². The second-order valence-electron chi connectivity index (χ2n) is 4.44. The molecule has 1 nitrogen and oxygen atoms in total. The first kappa shape index (κ1) is 10.3. The molecule has 0 saturated carbocycles. The van der Waals surface area contributed by atoms with E-state index in [4.69, 9.17) is 5.73 Å². The van der Waals surface area contributed by atoms with Gasteiger partial charge in [-0.15, -0.1) is 0 Å². The van der Waals surface area contributed by atoms with Crippen LogP contribution in [0.5, 0.6) is 0 Å². The minimum atomic E-state index is 0.161. The molecule has 1 aliphatic carbocycles. The van der Waals surface area contributed by atoms with E-state index < -0.39 is 0 Å². The zero-order valence-electron chi connectivity index (χ0n) is 9.64. The maximum Gasteiger partial charge on any atom is 0.0268 e. The summed E-state index contributed by atoms with van der Waals surface area (Å²) < 4.78 is 0. The zero-order valence-corrected chi connectivity index (χ0v) is 9.64. The summed E-state index contributed by atoms with van der Waals surface area (Å²) in [7, 11) is 0. The highest BCUT2D eigenvalue weighted by molar-refractivity contribution is 5.66. The van der Waals surface area contributed by atoms with Crippen LogP contribution in [0, 0.1) is 0 Å². The fourth-order valence-electron chi connectivity index (χ4n) is 2.38. The van der Waals surface area contributed by atoms with Gasteiger partial charge in [-0.2, -0.15) is 0 Å². The van der Waals surface area contributed by atoms with Gasteiger partial charge in [0, 0.05) is 6.04 Å². The highest BCUT2D eigenvalue weighted by atomic mass is 14.6. The summed E-state index contributed by atoms with van der Waals surface area (Å²) >= 11 is 0. The van der Waals surface area contributed by atoms with E-state index in [1.54, 1.807) is 0 Å². The van der Waals surface area contributed by atoms with Crippen molar-refractivity contribution in [2.45, 2.75) is 12.5 Å². The van der Waals surface area contributed by atoms with E-state index >= 15 is 0 Å². The minimum Gasteiger partial charge on any atom is -0.324 e. The van der Waals surface area contributed by atoms with Gasteiger partial charge in [-0.3, -0.25) is 0 Å². The Morgan fingerprint density at radius 2 is 1.76 bits per heavy atom. The Bertz CT molecular complexity index is 641. The van der Waals surface area contributed by atoms with Crippen molar-refractivity contribution in [2.75, 3.05) is 0 Å². The Kier molecular flexibility index (Phi) is 2.54. The van der Waals surface area contributed by atoms with Crippen molar-refractivity contribution in [3.05, 3.63) is 59.0 Å². The average Bonchev–Trinajstić information content (AvgIpc) is 2.39. The molecule has 0 amide bonds. The molecule has 1 heteroatoms. The van der Waals surface area contributed by atoms with Gasteiger partial charge in [0.2, 0.25) is 0 Å². The second kappa shape index (κ2) is 4.19. The van der Waals surface area contributed by atoms with E-state index in [9.17, 15) is 0 Å². The first-order valence-corrected chi connectivity index (χ1v) is 5.97. The molecular weight excluding hydrogens is 206 g/mol. The van der Waals surface area contributed by atoms with Gasteiger partial charge in [0.05, 0.1) is 0 Å². The largest absolute Gasteiger partial charge is 0.324 e. The van der Waals surface area contributed by atoms with Crippen LogP contribution in [-0.2, 0) is 0 Å². The van der Waals surface area contributed by atoms with Gasteiger partial charge in [-0.1, -0.05) is 60.7 Å². The highest BCUT2D eigenvalue weighted by Crippen LogP contribution is 2.14. The fourth-order valence-corrected chi connectivity index (χ4v) is 2.38. The molecule has 1 atom stereocenters. The number of hydrogen-bond acceptors (Lipinski definition) is 1. The van der Waals surface area contributed by atoms with Crippen LogP contribution in [-0.4, -0.2) is 6.04 Å². The molecule has 2 aromatic rings. The Balaban J connectivity index is 2.28. The molecule has 0 fully saturated rings. The first-order chi connectivity index (χ1) is 8.34. The van der Waals surface area contributed by atoms with Crippen molar-refractivity contribution in [1.29, 1.82) is 0 Å². The topological polar surface area (TPSA) is 26.0 Å². The van der Waals surface area contributed by atoms with Crippen molar-refractivity contribution in [2.24, 2.45) is 5.73 Å². The molecule has 84 valence electrons. The predicted octanol–water partition coefficient (Wildman–Crippen LogP) is 1.65. The Hall–Kier alpha value is -1.86. The summed E-state index contributed by atoms with van der Waals surface area (Å²) in [6.45, 7) is 0. The van der Waals surface area contributed by atoms with Gasteiger partial charge in [-0.05, 0) is 28.0 Å². The van der Waals surface area contributed by atoms with E-state index in [-0.39, 0.29) is 6.04 Å².